The van der Waals surface area contributed by atoms with E-state index in [-0.39, 0.29) is 12.1 Å². The summed E-state index contributed by atoms with van der Waals surface area (Å²) in [5.74, 6) is 0.913. The summed E-state index contributed by atoms with van der Waals surface area (Å²) in [5.41, 5.74) is 13.3. The first kappa shape index (κ1) is 36.2. The van der Waals surface area contributed by atoms with E-state index in [0.29, 0.717) is 0 Å². The van der Waals surface area contributed by atoms with Crippen LogP contribution < -0.4 is 21.3 Å². The van der Waals surface area contributed by atoms with Gasteiger partial charge in [-0.15, -0.1) is 0 Å². The normalized spacial score (nSPS) is 12.9. The molecule has 10 rings (SSSR count). The third-order valence-corrected chi connectivity index (χ3v) is 11.6. The van der Waals surface area contributed by atoms with Gasteiger partial charge in [0.15, 0.2) is 0 Å². The molecule has 0 fully saturated rings. The van der Waals surface area contributed by atoms with Gasteiger partial charge >= 0.3 is 0 Å². The Morgan fingerprint density at radius 3 is 1.97 bits per heavy atom. The minimum atomic E-state index is -0.216. The minimum absolute atomic E-state index is 0.0301. The van der Waals surface area contributed by atoms with Gasteiger partial charge < -0.3 is 9.80 Å². The number of para-hydroxylation sites is 2. The Bertz CT molecular complexity index is 2980. The quantitative estimate of drug-likeness (QED) is 0.145. The molecule has 0 N–H and O–H groups in total. The van der Waals surface area contributed by atoms with Crippen molar-refractivity contribution in [3.8, 4) is 34.0 Å². The molecule has 0 spiro atoms. The molecule has 0 atom stereocenters. The monoisotopic (exact) mass is 764 g/mol. The highest BCUT2D eigenvalue weighted by atomic mass is 15.3. The summed E-state index contributed by atoms with van der Waals surface area (Å²) in [6.45, 7) is 7.35. The molecule has 0 radical (unpaired) electrons. The Morgan fingerprint density at radius 1 is 0.576 bits per heavy atom. The standard InChI is InChI=1S/C52H45BN6/c1-52(2,3)39-29-30-54-48(33-39)58-46-26-15-14-25-44(46)45-28-27-41(35-47(45)58)53(40-21-16-24-43(34-40)57-32-31-56(4)36-57)49-50(37-17-8-5-9-18-37)55-59(42-22-12-7-13-23-42)51(49)38-19-10-6-11-20-38/h5-35H,36H2,1-4H3. The Kier molecular flexibility index (Phi) is 9.02. The molecule has 1 aliphatic rings. The van der Waals surface area contributed by atoms with Crippen molar-refractivity contribution in [1.82, 2.24) is 24.2 Å². The number of rotatable bonds is 8. The molecule has 6 aromatic carbocycles. The van der Waals surface area contributed by atoms with Crippen LogP contribution in [0.3, 0.4) is 0 Å². The molecular formula is C52H45BN6. The van der Waals surface area contributed by atoms with Gasteiger partial charge in [0.05, 0.1) is 34.8 Å². The summed E-state index contributed by atoms with van der Waals surface area (Å²) >= 11 is 0. The van der Waals surface area contributed by atoms with E-state index in [1.165, 1.54) is 27.3 Å². The van der Waals surface area contributed by atoms with Crippen LogP contribution in [-0.2, 0) is 5.41 Å². The molecule has 0 saturated heterocycles. The van der Waals surface area contributed by atoms with E-state index in [0.717, 1.165) is 62.9 Å². The lowest BCUT2D eigenvalue weighted by Crippen LogP contribution is -2.53. The fourth-order valence-corrected chi connectivity index (χ4v) is 8.67. The highest BCUT2D eigenvalue weighted by Gasteiger charge is 2.34. The molecule has 0 amide bonds. The maximum atomic E-state index is 5.58. The van der Waals surface area contributed by atoms with E-state index < -0.39 is 0 Å². The second kappa shape index (κ2) is 14.7. The van der Waals surface area contributed by atoms with E-state index in [1.807, 2.05) is 6.20 Å². The summed E-state index contributed by atoms with van der Waals surface area (Å²) < 4.78 is 4.50. The number of hydrogen-bond donors (Lipinski definition) is 0. The maximum Gasteiger partial charge on any atom is 0.247 e. The molecule has 7 heteroatoms. The third-order valence-electron chi connectivity index (χ3n) is 11.6. The number of anilines is 1. The van der Waals surface area contributed by atoms with E-state index in [9.17, 15) is 0 Å². The summed E-state index contributed by atoms with van der Waals surface area (Å²) in [5, 5.41) is 7.97. The van der Waals surface area contributed by atoms with Crippen molar-refractivity contribution in [1.29, 1.82) is 0 Å². The Morgan fingerprint density at radius 2 is 1.24 bits per heavy atom. The van der Waals surface area contributed by atoms with Crippen LogP contribution in [0.4, 0.5) is 5.69 Å². The van der Waals surface area contributed by atoms with Gasteiger partial charge in [-0.25, -0.2) is 9.67 Å². The fraction of sp³-hybridized carbons (Fsp3) is 0.115. The van der Waals surface area contributed by atoms with Crippen LogP contribution in [0.1, 0.15) is 26.3 Å². The number of benzene rings is 6. The topological polar surface area (TPSA) is 42.1 Å². The first-order valence-corrected chi connectivity index (χ1v) is 20.4. The number of nitrogens with zero attached hydrogens (tertiary/aromatic N) is 6. The van der Waals surface area contributed by atoms with Crippen LogP contribution in [0.25, 0.3) is 55.8 Å². The summed E-state index contributed by atoms with van der Waals surface area (Å²) in [6, 6.07) is 61.2. The van der Waals surface area contributed by atoms with Gasteiger partial charge in [0.2, 0.25) is 6.71 Å². The van der Waals surface area contributed by atoms with Gasteiger partial charge in [-0.2, -0.15) is 5.10 Å². The summed E-state index contributed by atoms with van der Waals surface area (Å²) in [4.78, 5) is 9.53. The maximum absolute atomic E-state index is 5.58. The van der Waals surface area contributed by atoms with Crippen LogP contribution >= 0.6 is 0 Å². The molecule has 59 heavy (non-hydrogen) atoms. The number of fused-ring (bicyclic) bond motifs is 3. The lowest BCUT2D eigenvalue weighted by atomic mass is 9.36. The van der Waals surface area contributed by atoms with Crippen molar-refractivity contribution in [3.05, 3.63) is 194 Å². The number of hydrogen-bond acceptors (Lipinski definition) is 4. The van der Waals surface area contributed by atoms with E-state index in [1.54, 1.807) is 0 Å². The van der Waals surface area contributed by atoms with Crippen LogP contribution in [0, 0.1) is 0 Å². The number of pyridine rings is 1. The van der Waals surface area contributed by atoms with Gasteiger partial charge in [-0.05, 0) is 70.5 Å². The lowest BCUT2D eigenvalue weighted by molar-refractivity contribution is 0.496. The highest BCUT2D eigenvalue weighted by Crippen LogP contribution is 2.34. The van der Waals surface area contributed by atoms with Crippen molar-refractivity contribution in [2.45, 2.75) is 26.2 Å². The molecule has 0 aliphatic carbocycles. The van der Waals surface area contributed by atoms with Crippen molar-refractivity contribution < 1.29 is 0 Å². The molecule has 286 valence electrons. The van der Waals surface area contributed by atoms with Gasteiger partial charge in [0.25, 0.3) is 0 Å². The largest absolute Gasteiger partial charge is 0.361 e. The smallest absolute Gasteiger partial charge is 0.247 e. The zero-order chi connectivity index (χ0) is 40.1. The molecule has 0 unspecified atom stereocenters. The Balaban J connectivity index is 1.31. The van der Waals surface area contributed by atoms with Crippen LogP contribution in [-0.4, -0.2) is 44.7 Å². The lowest BCUT2D eigenvalue weighted by Gasteiger charge is -2.23. The molecule has 9 aromatic rings. The summed E-state index contributed by atoms with van der Waals surface area (Å²) in [7, 11) is 2.11. The second-order valence-electron chi connectivity index (χ2n) is 16.6. The molecule has 0 saturated carbocycles. The van der Waals surface area contributed by atoms with Crippen molar-refractivity contribution in [3.63, 3.8) is 0 Å². The van der Waals surface area contributed by atoms with Crippen LogP contribution in [0.5, 0.6) is 0 Å². The molecule has 0 bridgehead atoms. The van der Waals surface area contributed by atoms with Gasteiger partial charge in [-0.1, -0.05) is 153 Å². The summed E-state index contributed by atoms with van der Waals surface area (Å²) in [6.07, 6.45) is 6.25. The van der Waals surface area contributed by atoms with Gasteiger partial charge in [-0.3, -0.25) is 4.57 Å². The average Bonchev–Trinajstić information content (AvgIpc) is 3.98. The van der Waals surface area contributed by atoms with Crippen molar-refractivity contribution in [2.75, 3.05) is 18.6 Å². The fourth-order valence-electron chi connectivity index (χ4n) is 8.67. The predicted octanol–water partition coefficient (Wildman–Crippen LogP) is 9.69. The van der Waals surface area contributed by atoms with Crippen molar-refractivity contribution in [2.24, 2.45) is 0 Å². The Labute approximate surface area is 346 Å². The molecule has 1 aliphatic heterocycles. The second-order valence-corrected chi connectivity index (χ2v) is 16.6. The zero-order valence-electron chi connectivity index (χ0n) is 33.9. The molecule has 4 heterocycles. The Hall–Kier alpha value is -7.12. The average molecular weight is 765 g/mol. The first-order chi connectivity index (χ1) is 28.8. The van der Waals surface area contributed by atoms with Gasteiger partial charge in [0.1, 0.15) is 5.82 Å². The molecule has 6 nitrogen and oxygen atoms in total. The molecular weight excluding hydrogens is 719 g/mol. The van der Waals surface area contributed by atoms with Crippen molar-refractivity contribution >= 4 is 50.6 Å². The zero-order valence-corrected chi connectivity index (χ0v) is 33.9. The van der Waals surface area contributed by atoms with Crippen LogP contribution in [0.2, 0.25) is 0 Å². The molecule has 3 aromatic heterocycles. The van der Waals surface area contributed by atoms with Gasteiger partial charge in [0, 0.05) is 47.7 Å². The highest BCUT2D eigenvalue weighted by molar-refractivity contribution is 6.97. The van der Waals surface area contributed by atoms with E-state index in [4.69, 9.17) is 10.1 Å². The minimum Gasteiger partial charge on any atom is -0.361 e. The third kappa shape index (κ3) is 6.59. The predicted molar refractivity (Wildman–Crippen MR) is 247 cm³/mol. The first-order valence-electron chi connectivity index (χ1n) is 20.4. The number of aromatic nitrogens is 4. The van der Waals surface area contributed by atoms with E-state index >= 15 is 0 Å². The van der Waals surface area contributed by atoms with E-state index in [2.05, 4.69) is 229 Å². The van der Waals surface area contributed by atoms with Crippen LogP contribution in [0.15, 0.2) is 188 Å². The SMILES string of the molecule is CN1C=CN(c2cccc(B(c3ccc4c5ccccc5n(-c5cc(C(C)(C)C)ccn5)c4c3)c3c(-c4ccccc4)nn(-c4ccccc4)c3-c3ccccc3)c2)C1.